The van der Waals surface area contributed by atoms with Gasteiger partial charge in [-0.2, -0.15) is 4.98 Å². The minimum absolute atomic E-state index is 0.221. The summed E-state index contributed by atoms with van der Waals surface area (Å²) in [5, 5.41) is 4.61. The molecule has 1 saturated heterocycles. The van der Waals surface area contributed by atoms with E-state index in [0.29, 0.717) is 0 Å². The highest BCUT2D eigenvalue weighted by atomic mass is 32.1. The van der Waals surface area contributed by atoms with Crippen molar-refractivity contribution < 1.29 is 17.9 Å². The molecule has 3 heterocycles. The van der Waals surface area contributed by atoms with E-state index >= 15 is 0 Å². The lowest BCUT2D eigenvalue weighted by Crippen LogP contribution is -2.21. The Kier molecular flexibility index (Phi) is 7.00. The van der Waals surface area contributed by atoms with Crippen LogP contribution in [0.1, 0.15) is 29.7 Å². The summed E-state index contributed by atoms with van der Waals surface area (Å²) < 4.78 is 41.0. The highest BCUT2D eigenvalue weighted by molar-refractivity contribution is 7.18. The fourth-order valence-corrected chi connectivity index (χ4v) is 5.31. The van der Waals surface area contributed by atoms with Crippen molar-refractivity contribution in [1.82, 2.24) is 9.97 Å². The number of hydrogen-bond donors (Lipinski definition) is 1. The van der Waals surface area contributed by atoms with Crippen LogP contribution < -0.4 is 15.0 Å². The SMILES string of the molecule is Cc1cc2c(NCCCc3ccc(-c4ccc(OC(F)(F)F)cc4)cc3)nc(N3CCCC3)nc2s1. The third kappa shape index (κ3) is 5.90. The normalized spacial score (nSPS) is 13.9. The minimum atomic E-state index is -4.68. The van der Waals surface area contributed by atoms with Crippen molar-refractivity contribution in [2.45, 2.75) is 39.0 Å². The number of anilines is 2. The Bertz CT molecular complexity index is 1310. The third-order valence-electron chi connectivity index (χ3n) is 6.20. The second-order valence-corrected chi connectivity index (χ2v) is 10.2. The zero-order chi connectivity index (χ0) is 25.1. The summed E-state index contributed by atoms with van der Waals surface area (Å²) >= 11 is 1.70. The van der Waals surface area contributed by atoms with Crippen LogP contribution in [0, 0.1) is 6.92 Å². The van der Waals surface area contributed by atoms with Gasteiger partial charge < -0.3 is 15.0 Å². The number of alkyl halides is 3. The Hall–Kier alpha value is -3.33. The summed E-state index contributed by atoms with van der Waals surface area (Å²) in [4.78, 5) is 14.2. The molecule has 2 aromatic carbocycles. The van der Waals surface area contributed by atoms with E-state index in [1.807, 2.05) is 12.1 Å². The smallest absolute Gasteiger partial charge is 0.406 e. The van der Waals surface area contributed by atoms with Gasteiger partial charge in [-0.15, -0.1) is 24.5 Å². The van der Waals surface area contributed by atoms with Gasteiger partial charge in [-0.05, 0) is 67.5 Å². The van der Waals surface area contributed by atoms with Gasteiger partial charge in [0.05, 0.1) is 5.39 Å². The summed E-state index contributed by atoms with van der Waals surface area (Å²) in [7, 11) is 0. The van der Waals surface area contributed by atoms with Crippen LogP contribution in [0.15, 0.2) is 54.6 Å². The lowest BCUT2D eigenvalue weighted by Gasteiger charge is -2.16. The summed E-state index contributed by atoms with van der Waals surface area (Å²) in [6.45, 7) is 4.91. The van der Waals surface area contributed by atoms with Crippen LogP contribution >= 0.6 is 11.3 Å². The Labute approximate surface area is 212 Å². The molecule has 5 nitrogen and oxygen atoms in total. The molecule has 1 N–H and O–H groups in total. The number of ether oxygens (including phenoxy) is 1. The van der Waals surface area contributed by atoms with E-state index in [-0.39, 0.29) is 5.75 Å². The maximum atomic E-state index is 12.4. The second-order valence-electron chi connectivity index (χ2n) is 8.94. The molecule has 1 aliphatic heterocycles. The Morgan fingerprint density at radius 3 is 2.31 bits per heavy atom. The molecule has 36 heavy (non-hydrogen) atoms. The van der Waals surface area contributed by atoms with Crippen molar-refractivity contribution in [1.29, 1.82) is 0 Å². The first-order chi connectivity index (χ1) is 17.3. The molecule has 5 rings (SSSR count). The quantitative estimate of drug-likeness (QED) is 0.253. The number of thiophene rings is 1. The number of benzene rings is 2. The molecule has 9 heteroatoms. The topological polar surface area (TPSA) is 50.3 Å². The van der Waals surface area contributed by atoms with Crippen molar-refractivity contribution in [3.63, 3.8) is 0 Å². The minimum Gasteiger partial charge on any atom is -0.406 e. The van der Waals surface area contributed by atoms with Gasteiger partial charge in [-0.3, -0.25) is 0 Å². The first kappa shape index (κ1) is 24.4. The van der Waals surface area contributed by atoms with Crippen molar-refractivity contribution in [3.8, 4) is 16.9 Å². The van der Waals surface area contributed by atoms with Crippen LogP contribution in [0.5, 0.6) is 5.75 Å². The van der Waals surface area contributed by atoms with Gasteiger partial charge in [0.2, 0.25) is 5.95 Å². The summed E-state index contributed by atoms with van der Waals surface area (Å²) in [5.74, 6) is 1.50. The molecule has 0 bridgehead atoms. The summed E-state index contributed by atoms with van der Waals surface area (Å²) in [6, 6.07) is 16.2. The molecule has 0 unspecified atom stereocenters. The Morgan fingerprint density at radius 2 is 1.64 bits per heavy atom. The number of nitrogens with one attached hydrogen (secondary N) is 1. The number of aromatic nitrogens is 2. The van der Waals surface area contributed by atoms with Gasteiger partial charge in [0.1, 0.15) is 16.4 Å². The molecule has 0 spiro atoms. The van der Waals surface area contributed by atoms with Crippen LogP contribution in [-0.4, -0.2) is 36.0 Å². The van der Waals surface area contributed by atoms with Crippen molar-refractivity contribution >= 4 is 33.3 Å². The van der Waals surface area contributed by atoms with E-state index in [0.717, 1.165) is 65.6 Å². The molecular formula is C27H27F3N4OS. The van der Waals surface area contributed by atoms with Crippen LogP contribution in [0.2, 0.25) is 0 Å². The number of fused-ring (bicyclic) bond motifs is 1. The van der Waals surface area contributed by atoms with E-state index in [4.69, 9.17) is 9.97 Å². The van der Waals surface area contributed by atoms with E-state index < -0.39 is 6.36 Å². The predicted octanol–water partition coefficient (Wildman–Crippen LogP) is 7.21. The van der Waals surface area contributed by atoms with Gasteiger partial charge in [-0.25, -0.2) is 4.98 Å². The summed E-state index contributed by atoms with van der Waals surface area (Å²) in [6.07, 6.45) is -0.470. The van der Waals surface area contributed by atoms with Gasteiger partial charge in [0, 0.05) is 24.5 Å². The second kappa shape index (κ2) is 10.3. The standard InChI is InChI=1S/C27H27F3N4OS/c1-18-17-23-24(32-26(33-25(23)36-18)34-15-2-3-16-34)31-14-4-5-19-6-8-20(9-7-19)21-10-12-22(13-11-21)35-27(28,29)30/h6-13,17H,2-5,14-16H2,1H3,(H,31,32,33). The predicted molar refractivity (Wildman–Crippen MR) is 139 cm³/mol. The Morgan fingerprint density at radius 1 is 0.972 bits per heavy atom. The van der Waals surface area contributed by atoms with Gasteiger partial charge >= 0.3 is 6.36 Å². The lowest BCUT2D eigenvalue weighted by molar-refractivity contribution is -0.274. The highest BCUT2D eigenvalue weighted by Crippen LogP contribution is 2.31. The van der Waals surface area contributed by atoms with E-state index in [1.54, 1.807) is 23.5 Å². The fraction of sp³-hybridized carbons (Fsp3) is 0.333. The van der Waals surface area contributed by atoms with Crippen molar-refractivity contribution in [2.24, 2.45) is 0 Å². The molecule has 2 aromatic heterocycles. The highest BCUT2D eigenvalue weighted by Gasteiger charge is 2.31. The fourth-order valence-electron chi connectivity index (χ4n) is 4.44. The van der Waals surface area contributed by atoms with Crippen LogP contribution in [0.25, 0.3) is 21.3 Å². The molecule has 4 aromatic rings. The van der Waals surface area contributed by atoms with Crippen LogP contribution in [-0.2, 0) is 6.42 Å². The van der Waals surface area contributed by atoms with Crippen molar-refractivity contribution in [2.75, 3.05) is 29.9 Å². The average molecular weight is 513 g/mol. The van der Waals surface area contributed by atoms with E-state index in [2.05, 4.69) is 40.1 Å². The molecule has 0 aliphatic carbocycles. The van der Waals surface area contributed by atoms with Gasteiger partial charge in [0.15, 0.2) is 0 Å². The van der Waals surface area contributed by atoms with Crippen LogP contribution in [0.3, 0.4) is 0 Å². The first-order valence-corrected chi connectivity index (χ1v) is 12.9. The summed E-state index contributed by atoms with van der Waals surface area (Å²) in [5.41, 5.74) is 2.99. The molecule has 1 fully saturated rings. The maximum absolute atomic E-state index is 12.4. The van der Waals surface area contributed by atoms with Gasteiger partial charge in [0.25, 0.3) is 0 Å². The van der Waals surface area contributed by atoms with Gasteiger partial charge in [-0.1, -0.05) is 36.4 Å². The molecule has 0 saturated carbocycles. The van der Waals surface area contributed by atoms with Crippen molar-refractivity contribution in [3.05, 3.63) is 65.0 Å². The Balaban J connectivity index is 1.18. The number of rotatable bonds is 8. The molecule has 1 aliphatic rings. The van der Waals surface area contributed by atoms with Crippen LogP contribution in [0.4, 0.5) is 24.9 Å². The molecule has 0 atom stereocenters. The molecule has 188 valence electrons. The average Bonchev–Trinajstić information content (AvgIpc) is 3.51. The molecule has 0 amide bonds. The largest absolute Gasteiger partial charge is 0.573 e. The monoisotopic (exact) mass is 512 g/mol. The van der Waals surface area contributed by atoms with E-state index in [9.17, 15) is 13.2 Å². The number of hydrogen-bond acceptors (Lipinski definition) is 6. The molecular weight excluding hydrogens is 485 g/mol. The third-order valence-corrected chi connectivity index (χ3v) is 7.15. The first-order valence-electron chi connectivity index (χ1n) is 12.1. The maximum Gasteiger partial charge on any atom is 0.573 e. The number of nitrogens with zero attached hydrogens (tertiary/aromatic N) is 3. The molecule has 0 radical (unpaired) electrons. The van der Waals surface area contributed by atoms with E-state index in [1.165, 1.54) is 35.4 Å². The number of aryl methyl sites for hydroxylation is 2. The number of halogens is 3. The zero-order valence-electron chi connectivity index (χ0n) is 19.9. The lowest BCUT2D eigenvalue weighted by atomic mass is 10.0. The zero-order valence-corrected chi connectivity index (χ0v) is 20.8.